The average Bonchev–Trinajstić information content (AvgIpc) is 3.84. The largest absolute Gasteiger partial charge is 0.453 e. The molecule has 0 atom stereocenters. The normalized spacial score (nSPS) is 11.6. The molecule has 0 spiro atoms. The standard InChI is InChI=1S/C51H32N4O/c1-4-15-33(16-5-1)34-29-31-37(32-30-34)50-52-49(36-19-8-3-9-20-36)53-51(54-50)43-26-13-23-40-39-21-10-11-27-44(39)55(46(40)43)45-28-14-25-42-41-24-12-22-38(47(41)56-48(42)45)35-17-6-2-7-18-35/h1-32H. The zero-order chi connectivity index (χ0) is 37.0. The van der Waals surface area contributed by atoms with Gasteiger partial charge in [-0.25, -0.2) is 15.0 Å². The van der Waals surface area contributed by atoms with E-state index in [1.807, 2.05) is 42.5 Å². The third kappa shape index (κ3) is 5.21. The first-order valence-corrected chi connectivity index (χ1v) is 18.8. The van der Waals surface area contributed by atoms with Crippen molar-refractivity contribution in [2.75, 3.05) is 0 Å². The van der Waals surface area contributed by atoms with Crippen LogP contribution in [0.4, 0.5) is 0 Å². The maximum absolute atomic E-state index is 6.97. The van der Waals surface area contributed by atoms with E-state index in [4.69, 9.17) is 19.4 Å². The zero-order valence-corrected chi connectivity index (χ0v) is 30.2. The van der Waals surface area contributed by atoms with Crippen LogP contribution in [0.5, 0.6) is 0 Å². The van der Waals surface area contributed by atoms with Gasteiger partial charge in [0.2, 0.25) is 0 Å². The lowest BCUT2D eigenvalue weighted by Crippen LogP contribution is -2.02. The summed E-state index contributed by atoms with van der Waals surface area (Å²) in [5.74, 6) is 1.82. The topological polar surface area (TPSA) is 56.7 Å². The molecule has 11 aromatic rings. The summed E-state index contributed by atoms with van der Waals surface area (Å²) in [5.41, 5.74) is 11.9. The molecular weight excluding hydrogens is 685 g/mol. The van der Waals surface area contributed by atoms with Crippen LogP contribution in [-0.4, -0.2) is 19.5 Å². The number of hydrogen-bond donors (Lipinski definition) is 0. The third-order valence-electron chi connectivity index (χ3n) is 10.7. The van der Waals surface area contributed by atoms with Crippen molar-refractivity contribution in [3.8, 4) is 62.1 Å². The first kappa shape index (κ1) is 31.9. The quantitative estimate of drug-likeness (QED) is 0.172. The molecule has 0 aliphatic heterocycles. The van der Waals surface area contributed by atoms with Crippen LogP contribution >= 0.6 is 0 Å². The molecule has 11 rings (SSSR count). The molecule has 262 valence electrons. The number of benzene rings is 8. The summed E-state index contributed by atoms with van der Waals surface area (Å²) in [7, 11) is 0. The van der Waals surface area contributed by atoms with Crippen molar-refractivity contribution in [3.05, 3.63) is 194 Å². The first-order chi connectivity index (χ1) is 27.8. The first-order valence-electron chi connectivity index (χ1n) is 18.8. The average molecular weight is 717 g/mol. The van der Waals surface area contributed by atoms with Crippen LogP contribution < -0.4 is 0 Å². The van der Waals surface area contributed by atoms with Crippen molar-refractivity contribution < 1.29 is 4.42 Å². The Morgan fingerprint density at radius 1 is 0.321 bits per heavy atom. The van der Waals surface area contributed by atoms with Crippen molar-refractivity contribution >= 4 is 43.7 Å². The molecule has 8 aromatic carbocycles. The highest BCUT2D eigenvalue weighted by atomic mass is 16.3. The number of nitrogens with zero attached hydrogens (tertiary/aromatic N) is 4. The van der Waals surface area contributed by atoms with Crippen LogP contribution in [-0.2, 0) is 0 Å². The van der Waals surface area contributed by atoms with E-state index in [9.17, 15) is 0 Å². The zero-order valence-electron chi connectivity index (χ0n) is 30.2. The second kappa shape index (κ2) is 13.0. The van der Waals surface area contributed by atoms with Crippen molar-refractivity contribution in [2.45, 2.75) is 0 Å². The van der Waals surface area contributed by atoms with Crippen molar-refractivity contribution in [1.82, 2.24) is 19.5 Å². The van der Waals surface area contributed by atoms with Gasteiger partial charge in [-0.15, -0.1) is 0 Å². The van der Waals surface area contributed by atoms with Crippen LogP contribution in [0.1, 0.15) is 0 Å². The van der Waals surface area contributed by atoms with Gasteiger partial charge in [0.1, 0.15) is 5.58 Å². The van der Waals surface area contributed by atoms with E-state index in [1.54, 1.807) is 0 Å². The van der Waals surface area contributed by atoms with Gasteiger partial charge in [0.05, 0.1) is 16.7 Å². The number of hydrogen-bond acceptors (Lipinski definition) is 4. The molecular formula is C51H32N4O. The maximum Gasteiger partial charge on any atom is 0.166 e. The predicted molar refractivity (Wildman–Crippen MR) is 229 cm³/mol. The van der Waals surface area contributed by atoms with Crippen molar-refractivity contribution in [1.29, 1.82) is 0 Å². The second-order valence-electron chi connectivity index (χ2n) is 14.0. The summed E-state index contributed by atoms with van der Waals surface area (Å²) in [6.45, 7) is 0. The summed E-state index contributed by atoms with van der Waals surface area (Å²) >= 11 is 0. The molecule has 0 amide bonds. The van der Waals surface area contributed by atoms with Gasteiger partial charge in [-0.1, -0.05) is 176 Å². The van der Waals surface area contributed by atoms with Crippen molar-refractivity contribution in [3.63, 3.8) is 0 Å². The Balaban J connectivity index is 1.16. The molecule has 0 saturated heterocycles. The van der Waals surface area contributed by atoms with E-state index in [2.05, 4.69) is 156 Å². The molecule has 5 heteroatoms. The Labute approximate surface area is 322 Å². The van der Waals surface area contributed by atoms with E-state index < -0.39 is 0 Å². The number of furan rings is 1. The van der Waals surface area contributed by atoms with Gasteiger partial charge in [-0.2, -0.15) is 0 Å². The van der Waals surface area contributed by atoms with Crippen LogP contribution in [0.2, 0.25) is 0 Å². The molecule has 3 heterocycles. The molecule has 0 fully saturated rings. The minimum atomic E-state index is 0.596. The van der Waals surface area contributed by atoms with Crippen LogP contribution in [0.25, 0.3) is 106 Å². The lowest BCUT2D eigenvalue weighted by atomic mass is 10.0. The predicted octanol–water partition coefficient (Wildman–Crippen LogP) is 13.2. The Bertz CT molecular complexity index is 3220. The molecule has 0 aliphatic rings. The fourth-order valence-corrected chi connectivity index (χ4v) is 8.06. The highest BCUT2D eigenvalue weighted by molar-refractivity contribution is 6.16. The molecule has 0 aliphatic carbocycles. The lowest BCUT2D eigenvalue weighted by Gasteiger charge is -2.13. The van der Waals surface area contributed by atoms with E-state index >= 15 is 0 Å². The maximum atomic E-state index is 6.97. The fourth-order valence-electron chi connectivity index (χ4n) is 8.06. The van der Waals surface area contributed by atoms with Gasteiger partial charge < -0.3 is 8.98 Å². The highest BCUT2D eigenvalue weighted by Crippen LogP contribution is 2.43. The van der Waals surface area contributed by atoms with Crippen molar-refractivity contribution in [2.24, 2.45) is 0 Å². The van der Waals surface area contributed by atoms with E-state index in [1.165, 1.54) is 0 Å². The van der Waals surface area contributed by atoms with Gasteiger partial charge in [-0.05, 0) is 34.9 Å². The number of para-hydroxylation sites is 4. The molecule has 0 N–H and O–H groups in total. The Kier molecular flexibility index (Phi) is 7.42. The van der Waals surface area contributed by atoms with E-state index in [-0.39, 0.29) is 0 Å². The smallest absolute Gasteiger partial charge is 0.166 e. The van der Waals surface area contributed by atoms with Gasteiger partial charge in [0.15, 0.2) is 23.1 Å². The summed E-state index contributed by atoms with van der Waals surface area (Å²) in [5, 5.41) is 4.38. The minimum Gasteiger partial charge on any atom is -0.453 e. The monoisotopic (exact) mass is 716 g/mol. The molecule has 0 bridgehead atoms. The fraction of sp³-hybridized carbons (Fsp3) is 0. The Hall–Kier alpha value is -7.63. The third-order valence-corrected chi connectivity index (χ3v) is 10.7. The van der Waals surface area contributed by atoms with Crippen LogP contribution in [0.3, 0.4) is 0 Å². The number of rotatable bonds is 6. The molecule has 5 nitrogen and oxygen atoms in total. The number of fused-ring (bicyclic) bond motifs is 6. The van der Waals surface area contributed by atoms with Gasteiger partial charge in [0.25, 0.3) is 0 Å². The van der Waals surface area contributed by atoms with Gasteiger partial charge in [-0.3, -0.25) is 0 Å². The minimum absolute atomic E-state index is 0.596. The van der Waals surface area contributed by atoms with Gasteiger partial charge >= 0.3 is 0 Å². The number of aromatic nitrogens is 4. The summed E-state index contributed by atoms with van der Waals surface area (Å²) in [6.07, 6.45) is 0. The summed E-state index contributed by atoms with van der Waals surface area (Å²) in [6, 6.07) is 67.2. The molecule has 0 radical (unpaired) electrons. The van der Waals surface area contributed by atoms with Crippen LogP contribution in [0.15, 0.2) is 199 Å². The SMILES string of the molecule is c1ccc(-c2ccc(-c3nc(-c4ccccc4)nc(-c4cccc5c6ccccc6n(-c6cccc7c6oc6c(-c8ccccc8)cccc67)c45)n3)cc2)cc1. The summed E-state index contributed by atoms with van der Waals surface area (Å²) in [4.78, 5) is 15.5. The molecule has 0 saturated carbocycles. The Morgan fingerprint density at radius 3 is 1.52 bits per heavy atom. The van der Waals surface area contributed by atoms with E-state index in [0.29, 0.717) is 17.5 Å². The summed E-state index contributed by atoms with van der Waals surface area (Å²) < 4.78 is 9.30. The van der Waals surface area contributed by atoms with E-state index in [0.717, 1.165) is 88.4 Å². The molecule has 0 unspecified atom stereocenters. The van der Waals surface area contributed by atoms with Crippen LogP contribution in [0, 0.1) is 0 Å². The molecule has 56 heavy (non-hydrogen) atoms. The molecule has 3 aromatic heterocycles. The second-order valence-corrected chi connectivity index (χ2v) is 14.0. The van der Waals surface area contributed by atoms with Gasteiger partial charge in [0, 0.05) is 43.8 Å². The Morgan fingerprint density at radius 2 is 0.804 bits per heavy atom. The lowest BCUT2D eigenvalue weighted by molar-refractivity contribution is 0.667. The highest BCUT2D eigenvalue weighted by Gasteiger charge is 2.23.